The highest BCUT2D eigenvalue weighted by molar-refractivity contribution is 6.30. The second-order valence-electron chi connectivity index (χ2n) is 11.4. The lowest BCUT2D eigenvalue weighted by Gasteiger charge is -2.38. The predicted molar refractivity (Wildman–Crippen MR) is 146 cm³/mol. The number of hydrogen-bond acceptors (Lipinski definition) is 3. The molecule has 0 radical (unpaired) electrons. The summed E-state index contributed by atoms with van der Waals surface area (Å²) in [6.07, 6.45) is 1.84. The molecule has 0 saturated carbocycles. The Hall–Kier alpha value is -2.51. The third-order valence-electron chi connectivity index (χ3n) is 8.03. The van der Waals surface area contributed by atoms with E-state index in [1.165, 1.54) is 12.1 Å². The number of nitrogens with zero attached hydrogens (tertiary/aromatic N) is 3. The van der Waals surface area contributed by atoms with Crippen molar-refractivity contribution in [2.45, 2.75) is 64.5 Å². The van der Waals surface area contributed by atoms with E-state index < -0.39 is 17.6 Å². The topological polar surface area (TPSA) is 43.9 Å². The van der Waals surface area contributed by atoms with Gasteiger partial charge >= 0.3 is 0 Å². The van der Waals surface area contributed by atoms with Crippen LogP contribution in [-0.4, -0.2) is 64.8 Å². The summed E-state index contributed by atoms with van der Waals surface area (Å²) in [5, 5.41) is 0.651. The van der Waals surface area contributed by atoms with Crippen LogP contribution < -0.4 is 0 Å². The largest absolute Gasteiger partial charge is 0.341 e. The maximum atomic E-state index is 14.9. The average Bonchev–Trinajstić information content (AvgIpc) is 3.30. The lowest BCUT2D eigenvalue weighted by molar-refractivity contribution is -0.140. The van der Waals surface area contributed by atoms with Crippen molar-refractivity contribution in [1.29, 1.82) is 0 Å². The van der Waals surface area contributed by atoms with Gasteiger partial charge in [0.05, 0.1) is 12.0 Å². The van der Waals surface area contributed by atoms with Crippen LogP contribution in [0.2, 0.25) is 5.02 Å². The summed E-state index contributed by atoms with van der Waals surface area (Å²) in [5.74, 6) is -2.04. The fourth-order valence-corrected chi connectivity index (χ4v) is 5.96. The molecule has 3 atom stereocenters. The summed E-state index contributed by atoms with van der Waals surface area (Å²) in [4.78, 5) is 32.9. The number of amides is 2. The highest BCUT2D eigenvalue weighted by Gasteiger charge is 2.44. The highest BCUT2D eigenvalue weighted by Crippen LogP contribution is 2.39. The van der Waals surface area contributed by atoms with E-state index in [0.717, 1.165) is 24.5 Å². The molecule has 2 aliphatic heterocycles. The van der Waals surface area contributed by atoms with Crippen LogP contribution in [0.5, 0.6) is 0 Å². The van der Waals surface area contributed by atoms with Crippen LogP contribution in [0.3, 0.4) is 0 Å². The molecule has 0 unspecified atom stereocenters. The number of carbonyl (C=O) groups excluding carboxylic acids is 2. The van der Waals surface area contributed by atoms with Gasteiger partial charge in [0.2, 0.25) is 11.8 Å². The monoisotopic (exact) mass is 545 g/mol. The Labute approximate surface area is 229 Å². The van der Waals surface area contributed by atoms with Crippen LogP contribution in [0.25, 0.3) is 0 Å². The van der Waals surface area contributed by atoms with E-state index in [2.05, 4.69) is 25.7 Å². The number of halogens is 3. The van der Waals surface area contributed by atoms with Crippen LogP contribution in [0, 0.1) is 17.6 Å². The molecule has 0 spiro atoms. The zero-order chi connectivity index (χ0) is 27.6. The standard InChI is InChI=1S/C30H38ClF2N3O2/c1-5-28(37)36-16-15-34(14-6-7-27(36)20-8-10-21(31)11-9-20)29(38)25-19-35(30(2,3)4)18-24(25)23-13-12-22(32)17-26(23)33/h8-13,17,24-25,27H,5-7,14-16,18-19H2,1-4H3/t24-,25+,27-/m0/s1. The first-order valence-corrected chi connectivity index (χ1v) is 13.9. The van der Waals surface area contributed by atoms with Gasteiger partial charge in [0.15, 0.2) is 0 Å². The van der Waals surface area contributed by atoms with E-state index in [-0.39, 0.29) is 29.3 Å². The van der Waals surface area contributed by atoms with Crippen molar-refractivity contribution in [3.63, 3.8) is 0 Å². The van der Waals surface area contributed by atoms with E-state index in [9.17, 15) is 18.4 Å². The molecule has 206 valence electrons. The van der Waals surface area contributed by atoms with Crippen molar-refractivity contribution in [3.05, 3.63) is 70.2 Å². The molecule has 2 aromatic rings. The molecule has 2 saturated heterocycles. The number of benzene rings is 2. The Bertz CT molecular complexity index is 1150. The molecule has 8 heteroatoms. The smallest absolute Gasteiger partial charge is 0.227 e. The van der Waals surface area contributed by atoms with E-state index in [1.54, 1.807) is 0 Å². The number of likely N-dealkylation sites (tertiary alicyclic amines) is 1. The van der Waals surface area contributed by atoms with Gasteiger partial charge in [-0.15, -0.1) is 0 Å². The van der Waals surface area contributed by atoms with Crippen LogP contribution >= 0.6 is 11.6 Å². The second-order valence-corrected chi connectivity index (χ2v) is 11.9. The molecular formula is C30H38ClF2N3O2. The molecule has 2 fully saturated rings. The average molecular weight is 546 g/mol. The molecule has 4 rings (SSSR count). The van der Waals surface area contributed by atoms with Gasteiger partial charge < -0.3 is 9.80 Å². The lowest BCUT2D eigenvalue weighted by Crippen LogP contribution is -2.48. The zero-order valence-corrected chi connectivity index (χ0v) is 23.5. The molecule has 5 nitrogen and oxygen atoms in total. The molecule has 2 amide bonds. The maximum Gasteiger partial charge on any atom is 0.227 e. The third kappa shape index (κ3) is 6.20. The summed E-state index contributed by atoms with van der Waals surface area (Å²) in [7, 11) is 0. The van der Waals surface area contributed by atoms with E-state index in [4.69, 9.17) is 11.6 Å². The molecule has 2 aliphatic rings. The summed E-state index contributed by atoms with van der Waals surface area (Å²) in [6.45, 7) is 10.5. The Morgan fingerprint density at radius 2 is 1.71 bits per heavy atom. The third-order valence-corrected chi connectivity index (χ3v) is 8.28. The Morgan fingerprint density at radius 1 is 1.00 bits per heavy atom. The quantitative estimate of drug-likeness (QED) is 0.471. The van der Waals surface area contributed by atoms with Crippen LogP contribution in [-0.2, 0) is 9.59 Å². The van der Waals surface area contributed by atoms with E-state index in [1.807, 2.05) is 41.0 Å². The van der Waals surface area contributed by atoms with Gasteiger partial charge in [-0.25, -0.2) is 8.78 Å². The molecule has 0 N–H and O–H groups in total. The van der Waals surface area contributed by atoms with Crippen molar-refractivity contribution >= 4 is 23.4 Å². The minimum atomic E-state index is -0.625. The number of carbonyl (C=O) groups is 2. The molecule has 2 heterocycles. The number of hydrogen-bond donors (Lipinski definition) is 0. The molecule has 0 aliphatic carbocycles. The van der Waals surface area contributed by atoms with Crippen molar-refractivity contribution < 1.29 is 18.4 Å². The molecular weight excluding hydrogens is 508 g/mol. The van der Waals surface area contributed by atoms with Gasteiger partial charge in [-0.3, -0.25) is 14.5 Å². The van der Waals surface area contributed by atoms with Gasteiger partial charge in [0, 0.05) is 61.7 Å². The molecule has 0 aromatic heterocycles. The van der Waals surface area contributed by atoms with E-state index in [0.29, 0.717) is 49.7 Å². The second kappa shape index (κ2) is 11.7. The van der Waals surface area contributed by atoms with Crippen LogP contribution in [0.15, 0.2) is 42.5 Å². The molecule has 2 aromatic carbocycles. The lowest BCUT2D eigenvalue weighted by atomic mass is 9.87. The van der Waals surface area contributed by atoms with Gasteiger partial charge in [-0.05, 0) is 62.9 Å². The maximum absolute atomic E-state index is 14.9. The fraction of sp³-hybridized carbons (Fsp3) is 0.533. The Kier molecular flexibility index (Phi) is 8.78. The summed E-state index contributed by atoms with van der Waals surface area (Å²) in [6, 6.07) is 11.2. The van der Waals surface area contributed by atoms with Crippen molar-refractivity contribution in [1.82, 2.24) is 14.7 Å². The van der Waals surface area contributed by atoms with Crippen molar-refractivity contribution in [2.24, 2.45) is 5.92 Å². The predicted octanol–water partition coefficient (Wildman–Crippen LogP) is 6.03. The van der Waals surface area contributed by atoms with Crippen molar-refractivity contribution in [3.8, 4) is 0 Å². The minimum absolute atomic E-state index is 0.0284. The molecule has 38 heavy (non-hydrogen) atoms. The minimum Gasteiger partial charge on any atom is -0.341 e. The van der Waals surface area contributed by atoms with Crippen LogP contribution in [0.4, 0.5) is 8.78 Å². The fourth-order valence-electron chi connectivity index (χ4n) is 5.83. The summed E-state index contributed by atoms with van der Waals surface area (Å²) < 4.78 is 28.6. The van der Waals surface area contributed by atoms with Gasteiger partial charge in [0.1, 0.15) is 11.6 Å². The van der Waals surface area contributed by atoms with Gasteiger partial charge in [-0.2, -0.15) is 0 Å². The normalized spacial score (nSPS) is 23.3. The number of rotatable bonds is 4. The van der Waals surface area contributed by atoms with E-state index >= 15 is 0 Å². The van der Waals surface area contributed by atoms with Crippen LogP contribution in [0.1, 0.15) is 70.0 Å². The summed E-state index contributed by atoms with van der Waals surface area (Å²) >= 11 is 6.09. The van der Waals surface area contributed by atoms with Gasteiger partial charge in [0.25, 0.3) is 0 Å². The Balaban J connectivity index is 1.57. The first-order chi connectivity index (χ1) is 18.0. The zero-order valence-electron chi connectivity index (χ0n) is 22.7. The SMILES string of the molecule is CCC(=O)N1CCN(C(=O)[C@@H]2CN(C(C)(C)C)C[C@H]2c2ccc(F)cc2F)CCC[C@H]1c1ccc(Cl)cc1. The first kappa shape index (κ1) is 28.5. The molecule has 0 bridgehead atoms. The first-order valence-electron chi connectivity index (χ1n) is 13.5. The Morgan fingerprint density at radius 3 is 2.34 bits per heavy atom. The van der Waals surface area contributed by atoms with Gasteiger partial charge in [-0.1, -0.05) is 36.7 Å². The van der Waals surface area contributed by atoms with Crippen molar-refractivity contribution in [2.75, 3.05) is 32.7 Å². The summed E-state index contributed by atoms with van der Waals surface area (Å²) in [5.41, 5.74) is 1.23. The highest BCUT2D eigenvalue weighted by atomic mass is 35.5.